The van der Waals surface area contributed by atoms with Gasteiger partial charge in [0, 0.05) is 31.2 Å². The quantitative estimate of drug-likeness (QED) is 0.766. The number of hydrogen-bond donors (Lipinski definition) is 1. The Morgan fingerprint density at radius 3 is 3.43 bits per heavy atom. The summed E-state index contributed by atoms with van der Waals surface area (Å²) >= 11 is 1.65. The monoisotopic (exact) mass is 208 g/mol. The lowest BCUT2D eigenvalue weighted by atomic mass is 10.2. The van der Waals surface area contributed by atoms with Crippen molar-refractivity contribution in [2.24, 2.45) is 0 Å². The molecule has 0 radical (unpaired) electrons. The van der Waals surface area contributed by atoms with Crippen molar-refractivity contribution in [3.8, 4) is 6.07 Å². The van der Waals surface area contributed by atoms with Gasteiger partial charge in [0.05, 0.1) is 12.6 Å². The molecule has 74 valence electrons. The fraction of sp³-hybridized carbons (Fsp3) is 0.556. The molecule has 2 rings (SSSR count). The fourth-order valence-electron chi connectivity index (χ4n) is 1.57. The van der Waals surface area contributed by atoms with Gasteiger partial charge in [0.2, 0.25) is 0 Å². The predicted molar refractivity (Wildman–Crippen MR) is 54.8 cm³/mol. The van der Waals surface area contributed by atoms with Gasteiger partial charge >= 0.3 is 0 Å². The van der Waals surface area contributed by atoms with Gasteiger partial charge in [0.25, 0.3) is 0 Å². The van der Waals surface area contributed by atoms with Gasteiger partial charge in [-0.15, -0.1) is 11.3 Å². The Morgan fingerprint density at radius 1 is 1.79 bits per heavy atom. The second-order valence-corrected chi connectivity index (χ2v) is 4.22. The Hall–Kier alpha value is -0.960. The maximum Gasteiger partial charge on any atom is 0.111 e. The molecule has 0 spiro atoms. The van der Waals surface area contributed by atoms with Crippen molar-refractivity contribution < 1.29 is 0 Å². The summed E-state index contributed by atoms with van der Waals surface area (Å²) in [5, 5.41) is 15.2. The molecule has 0 amide bonds. The van der Waals surface area contributed by atoms with E-state index in [9.17, 15) is 0 Å². The van der Waals surface area contributed by atoms with Crippen molar-refractivity contribution in [1.82, 2.24) is 15.2 Å². The standard InChI is InChI=1S/C9H12N4S/c10-5-8-6-11-1-3-13(8)7-9-12-2-4-14-9/h2,4,8,11H,1,3,6-7H2. The molecule has 1 aromatic heterocycles. The van der Waals surface area contributed by atoms with Crippen molar-refractivity contribution in [2.45, 2.75) is 12.6 Å². The predicted octanol–water partition coefficient (Wildman–Crippen LogP) is 0.440. The summed E-state index contributed by atoms with van der Waals surface area (Å²) in [6.07, 6.45) is 1.81. The second kappa shape index (κ2) is 4.51. The molecule has 0 bridgehead atoms. The Morgan fingerprint density at radius 2 is 2.71 bits per heavy atom. The molecule has 1 aliphatic rings. The van der Waals surface area contributed by atoms with Gasteiger partial charge < -0.3 is 5.32 Å². The van der Waals surface area contributed by atoms with Gasteiger partial charge in [-0.1, -0.05) is 0 Å². The third-order valence-electron chi connectivity index (χ3n) is 2.33. The van der Waals surface area contributed by atoms with Crippen LogP contribution in [0.3, 0.4) is 0 Å². The van der Waals surface area contributed by atoms with Gasteiger partial charge in [-0.25, -0.2) is 4.98 Å². The highest BCUT2D eigenvalue weighted by Crippen LogP contribution is 2.11. The van der Waals surface area contributed by atoms with E-state index in [0.717, 1.165) is 31.2 Å². The number of nitriles is 1. The first-order chi connectivity index (χ1) is 6.90. The van der Waals surface area contributed by atoms with Gasteiger partial charge in [0.15, 0.2) is 0 Å². The van der Waals surface area contributed by atoms with Crippen LogP contribution >= 0.6 is 11.3 Å². The molecule has 2 heterocycles. The molecule has 0 aliphatic carbocycles. The zero-order valence-electron chi connectivity index (χ0n) is 7.81. The Bertz CT molecular complexity index is 316. The van der Waals surface area contributed by atoms with Crippen LogP contribution in [0.2, 0.25) is 0 Å². The summed E-state index contributed by atoms with van der Waals surface area (Å²) in [5.74, 6) is 0. The van der Waals surface area contributed by atoms with Crippen LogP contribution in [-0.4, -0.2) is 35.6 Å². The molecule has 1 saturated heterocycles. The zero-order valence-corrected chi connectivity index (χ0v) is 8.63. The number of nitrogens with zero attached hydrogens (tertiary/aromatic N) is 3. The third-order valence-corrected chi connectivity index (χ3v) is 3.09. The Labute approximate surface area is 87.2 Å². The van der Waals surface area contributed by atoms with E-state index in [-0.39, 0.29) is 6.04 Å². The van der Waals surface area contributed by atoms with Gasteiger partial charge in [-0.3, -0.25) is 4.90 Å². The van der Waals surface area contributed by atoms with Crippen molar-refractivity contribution in [2.75, 3.05) is 19.6 Å². The zero-order chi connectivity index (χ0) is 9.80. The van der Waals surface area contributed by atoms with E-state index in [1.54, 1.807) is 11.3 Å². The number of aromatic nitrogens is 1. The summed E-state index contributed by atoms with van der Waals surface area (Å²) in [6.45, 7) is 3.46. The highest BCUT2D eigenvalue weighted by atomic mass is 32.1. The molecule has 0 aromatic carbocycles. The highest BCUT2D eigenvalue weighted by molar-refractivity contribution is 7.09. The summed E-state index contributed by atoms with van der Waals surface area (Å²) in [4.78, 5) is 6.40. The summed E-state index contributed by atoms with van der Waals surface area (Å²) in [6, 6.07) is 2.30. The molecule has 0 saturated carbocycles. The van der Waals surface area contributed by atoms with E-state index < -0.39 is 0 Å². The molecule has 14 heavy (non-hydrogen) atoms. The molecule has 1 aliphatic heterocycles. The third kappa shape index (κ3) is 2.10. The molecule has 1 N–H and O–H groups in total. The normalized spacial score (nSPS) is 23.2. The second-order valence-electron chi connectivity index (χ2n) is 3.25. The van der Waals surface area contributed by atoms with E-state index in [1.165, 1.54) is 0 Å². The molecule has 1 atom stereocenters. The first kappa shape index (κ1) is 9.59. The first-order valence-corrected chi connectivity index (χ1v) is 5.51. The minimum absolute atomic E-state index is 0.00681. The summed E-state index contributed by atoms with van der Waals surface area (Å²) in [5.41, 5.74) is 0. The molecular weight excluding hydrogens is 196 g/mol. The molecule has 1 fully saturated rings. The Kier molecular flexibility index (Phi) is 3.09. The van der Waals surface area contributed by atoms with Crippen molar-refractivity contribution >= 4 is 11.3 Å². The van der Waals surface area contributed by atoms with E-state index in [4.69, 9.17) is 5.26 Å². The van der Waals surface area contributed by atoms with Crippen molar-refractivity contribution in [1.29, 1.82) is 5.26 Å². The summed E-state index contributed by atoms with van der Waals surface area (Å²) < 4.78 is 0. The number of nitrogens with one attached hydrogen (secondary N) is 1. The smallest absolute Gasteiger partial charge is 0.111 e. The highest BCUT2D eigenvalue weighted by Gasteiger charge is 2.21. The molecule has 4 nitrogen and oxygen atoms in total. The molecule has 5 heteroatoms. The number of piperazine rings is 1. The number of hydrogen-bond acceptors (Lipinski definition) is 5. The van der Waals surface area contributed by atoms with Crippen molar-refractivity contribution in [3.63, 3.8) is 0 Å². The average Bonchev–Trinajstić information content (AvgIpc) is 2.71. The van der Waals surface area contributed by atoms with Gasteiger partial charge in [-0.05, 0) is 0 Å². The van der Waals surface area contributed by atoms with Crippen LogP contribution < -0.4 is 5.32 Å². The van der Waals surface area contributed by atoms with E-state index in [0.29, 0.717) is 0 Å². The topological polar surface area (TPSA) is 52.0 Å². The minimum atomic E-state index is -0.00681. The lowest BCUT2D eigenvalue weighted by molar-refractivity contribution is 0.189. The van der Waals surface area contributed by atoms with Crippen LogP contribution in [0.1, 0.15) is 5.01 Å². The van der Waals surface area contributed by atoms with E-state index in [2.05, 4.69) is 21.3 Å². The fourth-order valence-corrected chi connectivity index (χ4v) is 2.21. The van der Waals surface area contributed by atoms with E-state index >= 15 is 0 Å². The molecule has 1 unspecified atom stereocenters. The van der Waals surface area contributed by atoms with E-state index in [1.807, 2.05) is 11.6 Å². The Balaban J connectivity index is 1.99. The largest absolute Gasteiger partial charge is 0.313 e. The minimum Gasteiger partial charge on any atom is -0.313 e. The van der Waals surface area contributed by atoms with Crippen LogP contribution in [0.4, 0.5) is 0 Å². The van der Waals surface area contributed by atoms with Crippen LogP contribution in [-0.2, 0) is 6.54 Å². The van der Waals surface area contributed by atoms with Crippen LogP contribution in [0.15, 0.2) is 11.6 Å². The lowest BCUT2D eigenvalue weighted by Gasteiger charge is -2.30. The maximum atomic E-state index is 8.94. The SMILES string of the molecule is N#CC1CNCCN1Cc1nccs1. The average molecular weight is 208 g/mol. The van der Waals surface area contributed by atoms with Gasteiger partial charge in [0.1, 0.15) is 11.0 Å². The first-order valence-electron chi connectivity index (χ1n) is 4.63. The number of thiazole rings is 1. The maximum absolute atomic E-state index is 8.94. The lowest BCUT2D eigenvalue weighted by Crippen LogP contribution is -2.49. The van der Waals surface area contributed by atoms with Crippen LogP contribution in [0.25, 0.3) is 0 Å². The summed E-state index contributed by atoms with van der Waals surface area (Å²) in [7, 11) is 0. The van der Waals surface area contributed by atoms with Crippen LogP contribution in [0, 0.1) is 11.3 Å². The van der Waals surface area contributed by atoms with Crippen LogP contribution in [0.5, 0.6) is 0 Å². The molecule has 1 aromatic rings. The molecular formula is C9H12N4S. The number of rotatable bonds is 2. The van der Waals surface area contributed by atoms with Gasteiger partial charge in [-0.2, -0.15) is 5.26 Å². The van der Waals surface area contributed by atoms with Crippen molar-refractivity contribution in [3.05, 3.63) is 16.6 Å².